The van der Waals surface area contributed by atoms with Crippen molar-refractivity contribution < 1.29 is 14.3 Å². The largest absolute Gasteiger partial charge is 0.497 e. The Hall–Kier alpha value is -3.55. The summed E-state index contributed by atoms with van der Waals surface area (Å²) >= 11 is 0. The molecule has 0 radical (unpaired) electrons. The number of pyridine rings is 1. The predicted molar refractivity (Wildman–Crippen MR) is 124 cm³/mol. The lowest BCUT2D eigenvalue weighted by Gasteiger charge is -2.38. The zero-order chi connectivity index (χ0) is 22.8. The van der Waals surface area contributed by atoms with E-state index in [1.54, 1.807) is 13.3 Å². The minimum absolute atomic E-state index is 0.0320. The Morgan fingerprint density at radius 3 is 2.64 bits per heavy atom. The van der Waals surface area contributed by atoms with Crippen LogP contribution in [-0.2, 0) is 0 Å². The number of nitrogens with one attached hydrogen (secondary N) is 1. The third-order valence-corrected chi connectivity index (χ3v) is 6.82. The first-order valence-corrected chi connectivity index (χ1v) is 11.4. The van der Waals surface area contributed by atoms with Gasteiger partial charge in [0.1, 0.15) is 17.7 Å². The average Bonchev–Trinajstić information content (AvgIpc) is 3.45. The van der Waals surface area contributed by atoms with Crippen LogP contribution < -0.4 is 14.8 Å². The quantitative estimate of drug-likeness (QED) is 0.635. The number of benzene rings is 1. The molecule has 33 heavy (non-hydrogen) atoms. The number of ether oxygens (including phenoxy) is 2. The van der Waals surface area contributed by atoms with Crippen molar-refractivity contribution in [3.63, 3.8) is 0 Å². The van der Waals surface area contributed by atoms with Crippen LogP contribution in [0.4, 0.5) is 10.5 Å². The van der Waals surface area contributed by atoms with Crippen LogP contribution >= 0.6 is 0 Å². The second-order valence-corrected chi connectivity index (χ2v) is 8.83. The van der Waals surface area contributed by atoms with E-state index in [0.29, 0.717) is 17.7 Å². The summed E-state index contributed by atoms with van der Waals surface area (Å²) in [6.07, 6.45) is 7.38. The number of carbonyl (C=O) groups is 1. The van der Waals surface area contributed by atoms with Gasteiger partial charge in [0.2, 0.25) is 5.88 Å². The van der Waals surface area contributed by atoms with Crippen LogP contribution in [-0.4, -0.2) is 51.8 Å². The second-order valence-electron chi connectivity index (χ2n) is 8.83. The Kier molecular flexibility index (Phi) is 5.90. The standard InChI is InChI=1S/C25H29N5O3/c1-17-26-10-11-30(17)22-12-18-15-29(25(31)28-20-6-5-7-21(14-20)32-2)16-19(18)13-23(22)33-24-8-3-4-9-27-24/h3-11,14,18-19,22-23H,12-13,15-16H2,1-2H3,(H,28,31)/t18-,19+,22-,23-/m0/s1. The van der Waals surface area contributed by atoms with Gasteiger partial charge in [0.05, 0.1) is 13.2 Å². The molecular formula is C25H29N5O3. The van der Waals surface area contributed by atoms with Crippen LogP contribution in [0.1, 0.15) is 24.7 Å². The Labute approximate surface area is 193 Å². The van der Waals surface area contributed by atoms with E-state index in [0.717, 1.165) is 43.2 Å². The lowest BCUT2D eigenvalue weighted by molar-refractivity contribution is 0.0504. The molecule has 8 heteroatoms. The van der Waals surface area contributed by atoms with E-state index in [1.807, 2.05) is 66.7 Å². The third kappa shape index (κ3) is 4.51. The molecule has 3 aromatic rings. The van der Waals surface area contributed by atoms with Crippen LogP contribution in [0.25, 0.3) is 0 Å². The van der Waals surface area contributed by atoms with Crippen LogP contribution in [0.5, 0.6) is 11.6 Å². The fourth-order valence-electron chi connectivity index (χ4n) is 5.19. The third-order valence-electron chi connectivity index (χ3n) is 6.82. The van der Waals surface area contributed by atoms with E-state index >= 15 is 0 Å². The van der Waals surface area contributed by atoms with Crippen LogP contribution in [0.15, 0.2) is 61.1 Å². The van der Waals surface area contributed by atoms with Gasteiger partial charge in [-0.3, -0.25) is 0 Å². The number of carbonyl (C=O) groups excluding carboxylic acids is 1. The highest BCUT2D eigenvalue weighted by Crippen LogP contribution is 2.43. The topological polar surface area (TPSA) is 81.5 Å². The number of urea groups is 1. The number of methoxy groups -OCH3 is 1. The first-order chi connectivity index (χ1) is 16.1. The zero-order valence-electron chi connectivity index (χ0n) is 18.9. The number of nitrogens with zero attached hydrogens (tertiary/aromatic N) is 4. The molecule has 2 amide bonds. The van der Waals surface area contributed by atoms with Crippen molar-refractivity contribution in [1.29, 1.82) is 0 Å². The molecule has 0 bridgehead atoms. The molecule has 2 aromatic heterocycles. The van der Waals surface area contributed by atoms with Crippen molar-refractivity contribution in [3.05, 3.63) is 66.9 Å². The second kappa shape index (κ2) is 9.13. The van der Waals surface area contributed by atoms with Crippen molar-refractivity contribution >= 4 is 11.7 Å². The molecule has 5 rings (SSSR count). The van der Waals surface area contributed by atoms with Gasteiger partial charge in [0.15, 0.2) is 0 Å². The summed E-state index contributed by atoms with van der Waals surface area (Å²) in [6, 6.07) is 13.2. The Morgan fingerprint density at radius 1 is 1.06 bits per heavy atom. The lowest BCUT2D eigenvalue weighted by Crippen LogP contribution is -2.40. The van der Waals surface area contributed by atoms with E-state index < -0.39 is 0 Å². The highest BCUT2D eigenvalue weighted by molar-refractivity contribution is 5.89. The van der Waals surface area contributed by atoms with E-state index in [9.17, 15) is 4.79 Å². The number of aromatic nitrogens is 3. The smallest absolute Gasteiger partial charge is 0.321 e. The van der Waals surface area contributed by atoms with Crippen molar-refractivity contribution in [2.45, 2.75) is 31.9 Å². The molecule has 0 spiro atoms. The van der Waals surface area contributed by atoms with Gasteiger partial charge in [-0.25, -0.2) is 14.8 Å². The SMILES string of the molecule is COc1cccc(NC(=O)N2C[C@H]3C[C@H](Oc4ccccn4)[C@@H](n4ccnc4C)C[C@H]3C2)c1. The lowest BCUT2D eigenvalue weighted by atomic mass is 9.77. The maximum absolute atomic E-state index is 13.0. The molecule has 172 valence electrons. The van der Waals surface area contributed by atoms with Crippen molar-refractivity contribution in [1.82, 2.24) is 19.4 Å². The van der Waals surface area contributed by atoms with E-state index in [1.165, 1.54) is 0 Å². The number of likely N-dealkylation sites (tertiary alicyclic amines) is 1. The molecule has 1 aromatic carbocycles. The molecule has 3 heterocycles. The molecule has 2 fully saturated rings. The fourth-order valence-corrected chi connectivity index (χ4v) is 5.19. The van der Waals surface area contributed by atoms with Gasteiger partial charge in [-0.15, -0.1) is 0 Å². The summed E-state index contributed by atoms with van der Waals surface area (Å²) in [7, 11) is 1.62. The first kappa shape index (κ1) is 21.3. The molecule has 2 aliphatic rings. The summed E-state index contributed by atoms with van der Waals surface area (Å²) < 4.78 is 13.9. The average molecular weight is 448 g/mol. The number of hydrogen-bond donors (Lipinski definition) is 1. The number of fused-ring (bicyclic) bond motifs is 1. The van der Waals surface area contributed by atoms with Gasteiger partial charge >= 0.3 is 6.03 Å². The highest BCUT2D eigenvalue weighted by atomic mass is 16.5. The number of rotatable bonds is 5. The minimum Gasteiger partial charge on any atom is -0.497 e. The first-order valence-electron chi connectivity index (χ1n) is 11.4. The number of hydrogen-bond acceptors (Lipinski definition) is 5. The molecule has 1 saturated carbocycles. The number of aryl methyl sites for hydroxylation is 1. The molecule has 1 N–H and O–H groups in total. The van der Waals surface area contributed by atoms with Crippen molar-refractivity contribution in [3.8, 4) is 11.6 Å². The monoisotopic (exact) mass is 447 g/mol. The molecule has 1 aliphatic heterocycles. The fraction of sp³-hybridized carbons (Fsp3) is 0.400. The van der Waals surface area contributed by atoms with Gasteiger partial charge in [-0.2, -0.15) is 0 Å². The Bertz CT molecular complexity index is 1100. The summed E-state index contributed by atoms with van der Waals surface area (Å²) in [5.74, 6) is 3.12. The van der Waals surface area contributed by atoms with Gasteiger partial charge in [0.25, 0.3) is 0 Å². The summed E-state index contributed by atoms with van der Waals surface area (Å²) in [4.78, 5) is 23.7. The maximum Gasteiger partial charge on any atom is 0.321 e. The van der Waals surface area contributed by atoms with Crippen LogP contribution in [0.2, 0.25) is 0 Å². The van der Waals surface area contributed by atoms with E-state index in [-0.39, 0.29) is 18.2 Å². The maximum atomic E-state index is 13.0. The zero-order valence-corrected chi connectivity index (χ0v) is 18.9. The van der Waals surface area contributed by atoms with E-state index in [2.05, 4.69) is 19.9 Å². The molecular weight excluding hydrogens is 418 g/mol. The molecule has 0 unspecified atom stereocenters. The predicted octanol–water partition coefficient (Wildman–Crippen LogP) is 4.16. The van der Waals surface area contributed by atoms with Gasteiger partial charge in [-0.1, -0.05) is 12.1 Å². The number of anilines is 1. The Balaban J connectivity index is 1.31. The molecule has 1 aliphatic carbocycles. The van der Waals surface area contributed by atoms with Gasteiger partial charge < -0.3 is 24.3 Å². The summed E-state index contributed by atoms with van der Waals surface area (Å²) in [5, 5.41) is 3.02. The van der Waals surface area contributed by atoms with Crippen molar-refractivity contribution in [2.24, 2.45) is 11.8 Å². The highest BCUT2D eigenvalue weighted by Gasteiger charge is 2.45. The molecule has 8 nitrogen and oxygen atoms in total. The molecule has 4 atom stereocenters. The number of amides is 2. The minimum atomic E-state index is -0.0739. The Morgan fingerprint density at radius 2 is 1.91 bits per heavy atom. The van der Waals surface area contributed by atoms with Crippen molar-refractivity contribution in [2.75, 3.05) is 25.5 Å². The van der Waals surface area contributed by atoms with Gasteiger partial charge in [0, 0.05) is 49.5 Å². The molecule has 1 saturated heterocycles. The van der Waals surface area contributed by atoms with Crippen LogP contribution in [0.3, 0.4) is 0 Å². The van der Waals surface area contributed by atoms with Crippen LogP contribution in [0, 0.1) is 18.8 Å². The normalized spacial score (nSPS) is 24.2. The van der Waals surface area contributed by atoms with Gasteiger partial charge in [-0.05, 0) is 49.8 Å². The number of imidazole rings is 1. The summed E-state index contributed by atoms with van der Waals surface area (Å²) in [6.45, 7) is 3.48. The summed E-state index contributed by atoms with van der Waals surface area (Å²) in [5.41, 5.74) is 0.734. The van der Waals surface area contributed by atoms with E-state index in [4.69, 9.17) is 9.47 Å².